The lowest BCUT2D eigenvalue weighted by Crippen LogP contribution is -2.20. The van der Waals surface area contributed by atoms with Gasteiger partial charge in [0.2, 0.25) is 0 Å². The number of halogens is 1. The third kappa shape index (κ3) is 5.06. The van der Waals surface area contributed by atoms with Crippen LogP contribution >= 0.6 is 22.9 Å². The second-order valence-electron chi connectivity index (χ2n) is 7.40. The quantitative estimate of drug-likeness (QED) is 0.325. The van der Waals surface area contributed by atoms with E-state index in [1.807, 2.05) is 54.6 Å². The zero-order chi connectivity index (χ0) is 21.8. The third-order valence-corrected chi connectivity index (χ3v) is 6.61. The van der Waals surface area contributed by atoms with Gasteiger partial charge in [-0.1, -0.05) is 49.7 Å². The number of rotatable bonds is 7. The van der Waals surface area contributed by atoms with E-state index >= 15 is 0 Å². The smallest absolute Gasteiger partial charge is 0.262 e. The third-order valence-electron chi connectivity index (χ3n) is 5.21. The van der Waals surface area contributed by atoms with Crippen LogP contribution in [0.3, 0.4) is 0 Å². The molecule has 4 rings (SSSR count). The van der Waals surface area contributed by atoms with Crippen LogP contribution in [0, 0.1) is 0 Å². The van der Waals surface area contributed by atoms with Crippen molar-refractivity contribution in [2.24, 2.45) is 0 Å². The number of anilines is 1. The van der Waals surface area contributed by atoms with E-state index < -0.39 is 0 Å². The van der Waals surface area contributed by atoms with E-state index in [4.69, 9.17) is 16.3 Å². The summed E-state index contributed by atoms with van der Waals surface area (Å²) in [4.78, 5) is 17.1. The van der Waals surface area contributed by atoms with Crippen LogP contribution in [-0.4, -0.2) is 17.5 Å². The van der Waals surface area contributed by atoms with Gasteiger partial charge in [-0.3, -0.25) is 4.79 Å². The van der Waals surface area contributed by atoms with Crippen LogP contribution < -0.4 is 10.1 Å². The minimum Gasteiger partial charge on any atom is -0.484 e. The standard InChI is InChI=1S/C25H23ClN2O2S/c1-3-16(2)17-8-11-19(12-9-17)30-15-24(29)27-18-10-13-21(26)20(14-18)25-28-22-6-4-5-7-23(22)31-25/h4-14,16H,3,15H2,1-2H3,(H,27,29). The van der Waals surface area contributed by atoms with E-state index in [0.717, 1.165) is 27.2 Å². The van der Waals surface area contributed by atoms with Crippen LogP contribution in [-0.2, 0) is 4.79 Å². The molecule has 0 aliphatic carbocycles. The molecule has 0 fully saturated rings. The van der Waals surface area contributed by atoms with E-state index in [2.05, 4.69) is 24.1 Å². The van der Waals surface area contributed by atoms with Crippen molar-refractivity contribution in [3.05, 3.63) is 77.3 Å². The van der Waals surface area contributed by atoms with Crippen molar-refractivity contribution in [1.82, 2.24) is 4.98 Å². The number of para-hydroxylation sites is 1. The molecule has 0 radical (unpaired) electrons. The number of fused-ring (bicyclic) bond motifs is 1. The summed E-state index contributed by atoms with van der Waals surface area (Å²) in [5.41, 5.74) is 3.64. The highest BCUT2D eigenvalue weighted by Crippen LogP contribution is 2.35. The Bertz CT molecular complexity index is 1170. The normalized spacial score (nSPS) is 12.0. The van der Waals surface area contributed by atoms with Gasteiger partial charge in [-0.2, -0.15) is 0 Å². The lowest BCUT2D eigenvalue weighted by atomic mass is 9.99. The number of hydrogen-bond acceptors (Lipinski definition) is 4. The first-order chi connectivity index (χ1) is 15.0. The van der Waals surface area contributed by atoms with Gasteiger partial charge in [-0.25, -0.2) is 4.98 Å². The average Bonchev–Trinajstić information content (AvgIpc) is 3.23. The number of benzene rings is 3. The van der Waals surface area contributed by atoms with Crippen LogP contribution in [0.25, 0.3) is 20.8 Å². The second-order valence-corrected chi connectivity index (χ2v) is 8.83. The molecular formula is C25H23ClN2O2S. The van der Waals surface area contributed by atoms with E-state index in [-0.39, 0.29) is 12.5 Å². The van der Waals surface area contributed by atoms with Gasteiger partial charge < -0.3 is 10.1 Å². The molecule has 0 bridgehead atoms. The fraction of sp³-hybridized carbons (Fsp3) is 0.200. The number of thiazole rings is 1. The van der Waals surface area contributed by atoms with Gasteiger partial charge in [0.25, 0.3) is 5.91 Å². The number of amides is 1. The largest absolute Gasteiger partial charge is 0.484 e. The number of aromatic nitrogens is 1. The Kier molecular flexibility index (Phi) is 6.54. The molecule has 1 unspecified atom stereocenters. The molecule has 1 heterocycles. The Morgan fingerprint density at radius 2 is 1.90 bits per heavy atom. The Labute approximate surface area is 190 Å². The molecule has 0 saturated heterocycles. The van der Waals surface area contributed by atoms with Crippen LogP contribution in [0.2, 0.25) is 5.02 Å². The van der Waals surface area contributed by atoms with Crippen molar-refractivity contribution in [3.8, 4) is 16.3 Å². The zero-order valence-corrected chi connectivity index (χ0v) is 19.0. The van der Waals surface area contributed by atoms with Crippen molar-refractivity contribution >= 4 is 44.7 Å². The predicted molar refractivity (Wildman–Crippen MR) is 129 cm³/mol. The maximum atomic E-state index is 12.4. The fourth-order valence-corrected chi connectivity index (χ4v) is 4.49. The molecule has 1 aromatic heterocycles. The summed E-state index contributed by atoms with van der Waals surface area (Å²) in [6.07, 6.45) is 1.09. The Morgan fingerprint density at radius 1 is 1.13 bits per heavy atom. The Balaban J connectivity index is 1.42. The summed E-state index contributed by atoms with van der Waals surface area (Å²) in [6.45, 7) is 4.29. The molecule has 0 aliphatic heterocycles. The summed E-state index contributed by atoms with van der Waals surface area (Å²) < 4.78 is 6.73. The van der Waals surface area contributed by atoms with Crippen LogP contribution in [0.4, 0.5) is 5.69 Å². The molecule has 0 spiro atoms. The van der Waals surface area contributed by atoms with Crippen LogP contribution in [0.5, 0.6) is 5.75 Å². The molecule has 3 aromatic carbocycles. The van der Waals surface area contributed by atoms with Gasteiger partial charge >= 0.3 is 0 Å². The number of carbonyl (C=O) groups excluding carboxylic acids is 1. The first-order valence-corrected chi connectivity index (χ1v) is 11.4. The molecule has 0 aliphatic rings. The van der Waals surface area contributed by atoms with Crippen molar-refractivity contribution in [2.75, 3.05) is 11.9 Å². The first kappa shape index (κ1) is 21.3. The monoisotopic (exact) mass is 450 g/mol. The summed E-state index contributed by atoms with van der Waals surface area (Å²) in [5, 5.41) is 4.29. The fourth-order valence-electron chi connectivity index (χ4n) is 3.23. The van der Waals surface area contributed by atoms with Gasteiger partial charge in [0.05, 0.1) is 15.2 Å². The highest BCUT2D eigenvalue weighted by Gasteiger charge is 2.12. The number of nitrogens with one attached hydrogen (secondary N) is 1. The molecule has 1 atom stereocenters. The topological polar surface area (TPSA) is 51.2 Å². The summed E-state index contributed by atoms with van der Waals surface area (Å²) in [6, 6.07) is 21.2. The van der Waals surface area contributed by atoms with Crippen molar-refractivity contribution in [1.29, 1.82) is 0 Å². The van der Waals surface area contributed by atoms with E-state index in [0.29, 0.717) is 22.4 Å². The highest BCUT2D eigenvalue weighted by atomic mass is 35.5. The molecule has 6 heteroatoms. The van der Waals surface area contributed by atoms with Gasteiger partial charge in [0, 0.05) is 11.3 Å². The van der Waals surface area contributed by atoms with E-state index in [9.17, 15) is 4.79 Å². The minimum atomic E-state index is -0.233. The number of ether oxygens (including phenoxy) is 1. The predicted octanol–water partition coefficient (Wildman–Crippen LogP) is 7.15. The maximum Gasteiger partial charge on any atom is 0.262 e. The van der Waals surface area contributed by atoms with Crippen LogP contribution in [0.1, 0.15) is 31.7 Å². The Morgan fingerprint density at radius 3 is 2.65 bits per heavy atom. The molecule has 0 saturated carbocycles. The van der Waals surface area contributed by atoms with Gasteiger partial charge in [0.1, 0.15) is 10.8 Å². The molecule has 31 heavy (non-hydrogen) atoms. The average molecular weight is 451 g/mol. The Hall–Kier alpha value is -2.89. The van der Waals surface area contributed by atoms with Gasteiger partial charge in [0.15, 0.2) is 6.61 Å². The number of carbonyl (C=O) groups is 1. The lowest BCUT2D eigenvalue weighted by Gasteiger charge is -2.11. The number of hydrogen-bond donors (Lipinski definition) is 1. The van der Waals surface area contributed by atoms with E-state index in [1.165, 1.54) is 5.56 Å². The number of nitrogens with zero attached hydrogens (tertiary/aromatic N) is 1. The molecule has 4 aromatic rings. The summed E-state index contributed by atoms with van der Waals surface area (Å²) in [7, 11) is 0. The second kappa shape index (κ2) is 9.50. The van der Waals surface area contributed by atoms with Crippen molar-refractivity contribution < 1.29 is 9.53 Å². The lowest BCUT2D eigenvalue weighted by molar-refractivity contribution is -0.118. The van der Waals surface area contributed by atoms with Crippen molar-refractivity contribution in [2.45, 2.75) is 26.2 Å². The van der Waals surface area contributed by atoms with Gasteiger partial charge in [-0.15, -0.1) is 11.3 Å². The van der Waals surface area contributed by atoms with Crippen molar-refractivity contribution in [3.63, 3.8) is 0 Å². The van der Waals surface area contributed by atoms with Crippen LogP contribution in [0.15, 0.2) is 66.7 Å². The molecule has 1 amide bonds. The molecule has 1 N–H and O–H groups in total. The summed E-state index contributed by atoms with van der Waals surface area (Å²) in [5.74, 6) is 0.948. The maximum absolute atomic E-state index is 12.4. The van der Waals surface area contributed by atoms with Gasteiger partial charge in [-0.05, 0) is 60.4 Å². The minimum absolute atomic E-state index is 0.0677. The molecular weight excluding hydrogens is 428 g/mol. The highest BCUT2D eigenvalue weighted by molar-refractivity contribution is 7.21. The SMILES string of the molecule is CCC(C)c1ccc(OCC(=O)Nc2ccc(Cl)c(-c3nc4ccccc4s3)c2)cc1. The first-order valence-electron chi connectivity index (χ1n) is 10.2. The molecule has 158 valence electrons. The summed E-state index contributed by atoms with van der Waals surface area (Å²) >= 11 is 7.98. The molecule has 4 nitrogen and oxygen atoms in total. The van der Waals surface area contributed by atoms with E-state index in [1.54, 1.807) is 23.5 Å². The zero-order valence-electron chi connectivity index (χ0n) is 17.4.